The van der Waals surface area contributed by atoms with Crippen molar-refractivity contribution in [3.05, 3.63) is 22.4 Å². The van der Waals surface area contributed by atoms with Crippen LogP contribution in [-0.2, 0) is 19.4 Å². The molecule has 6 heteroatoms. The van der Waals surface area contributed by atoms with Gasteiger partial charge in [-0.05, 0) is 77.7 Å². The number of hydrogen-bond donors (Lipinski definition) is 0. The summed E-state index contributed by atoms with van der Waals surface area (Å²) in [4.78, 5) is 7.34. The Morgan fingerprint density at radius 1 is 1.12 bits per heavy atom. The van der Waals surface area contributed by atoms with Crippen molar-refractivity contribution in [1.82, 2.24) is 20.0 Å². The largest absolute Gasteiger partial charge is 0.419 e. The normalized spacial score (nSPS) is 19.2. The van der Waals surface area contributed by atoms with Crippen LogP contribution in [-0.4, -0.2) is 53.2 Å². The first-order valence-corrected chi connectivity index (χ1v) is 10.2. The first kappa shape index (κ1) is 17.2. The van der Waals surface area contributed by atoms with Crippen LogP contribution >= 0.6 is 11.3 Å². The first-order chi connectivity index (χ1) is 12.1. The summed E-state index contributed by atoms with van der Waals surface area (Å²) in [6.07, 6.45) is 8.90. The Kier molecular flexibility index (Phi) is 4.69. The number of nitrogens with zero attached hydrogens (tertiary/aromatic N) is 4. The van der Waals surface area contributed by atoms with Crippen LogP contribution in [0.15, 0.2) is 10.5 Å². The van der Waals surface area contributed by atoms with E-state index in [1.807, 2.05) is 11.3 Å². The summed E-state index contributed by atoms with van der Waals surface area (Å²) in [5, 5.41) is 8.60. The molecular weight excluding hydrogens is 332 g/mol. The van der Waals surface area contributed by atoms with Gasteiger partial charge in [-0.25, -0.2) is 0 Å². The van der Waals surface area contributed by atoms with Crippen LogP contribution < -0.4 is 0 Å². The van der Waals surface area contributed by atoms with E-state index < -0.39 is 0 Å². The smallest absolute Gasteiger partial charge is 0.257 e. The van der Waals surface area contributed by atoms with E-state index >= 15 is 0 Å². The van der Waals surface area contributed by atoms with Gasteiger partial charge < -0.3 is 9.32 Å². The second kappa shape index (κ2) is 6.82. The van der Waals surface area contributed by atoms with Crippen molar-refractivity contribution in [3.63, 3.8) is 0 Å². The van der Waals surface area contributed by atoms with E-state index in [4.69, 9.17) is 4.42 Å². The number of hydrogen-bond acceptors (Lipinski definition) is 6. The lowest BCUT2D eigenvalue weighted by Crippen LogP contribution is -2.56. The summed E-state index contributed by atoms with van der Waals surface area (Å²) >= 11 is 1.83. The predicted molar refractivity (Wildman–Crippen MR) is 101 cm³/mol. The van der Waals surface area contributed by atoms with Crippen molar-refractivity contribution in [1.29, 1.82) is 0 Å². The van der Waals surface area contributed by atoms with Gasteiger partial charge in [0.05, 0.1) is 11.4 Å². The highest BCUT2D eigenvalue weighted by Crippen LogP contribution is 2.37. The van der Waals surface area contributed by atoms with Gasteiger partial charge in [0.15, 0.2) is 0 Å². The lowest BCUT2D eigenvalue weighted by Gasteiger charge is -2.49. The summed E-state index contributed by atoms with van der Waals surface area (Å²) in [6.45, 7) is 1.76. The van der Waals surface area contributed by atoms with Gasteiger partial charge in [-0.2, -0.15) is 0 Å². The van der Waals surface area contributed by atoms with E-state index in [-0.39, 0.29) is 0 Å². The summed E-state index contributed by atoms with van der Waals surface area (Å²) < 4.78 is 5.98. The minimum Gasteiger partial charge on any atom is -0.419 e. The molecule has 1 fully saturated rings. The Bertz CT molecular complexity index is 708. The van der Waals surface area contributed by atoms with Gasteiger partial charge >= 0.3 is 0 Å². The van der Waals surface area contributed by atoms with Crippen LogP contribution in [0.25, 0.3) is 10.8 Å². The van der Waals surface area contributed by atoms with E-state index in [1.54, 1.807) is 0 Å². The third-order valence-corrected chi connectivity index (χ3v) is 7.10. The maximum absolute atomic E-state index is 5.98. The van der Waals surface area contributed by atoms with Gasteiger partial charge in [-0.15, -0.1) is 21.5 Å². The average Bonchev–Trinajstić information content (AvgIpc) is 3.16. The Morgan fingerprint density at radius 3 is 2.60 bits per heavy atom. The van der Waals surface area contributed by atoms with E-state index in [9.17, 15) is 0 Å². The molecule has 0 N–H and O–H groups in total. The summed E-state index contributed by atoms with van der Waals surface area (Å²) in [5.41, 5.74) is 1.81. The summed E-state index contributed by atoms with van der Waals surface area (Å²) in [6, 6.07) is 2.26. The second-order valence-electron chi connectivity index (χ2n) is 7.91. The molecule has 0 saturated heterocycles. The number of fused-ring (bicyclic) bond motifs is 1. The van der Waals surface area contributed by atoms with Gasteiger partial charge in [0.1, 0.15) is 0 Å². The maximum atomic E-state index is 5.98. The fourth-order valence-corrected chi connectivity index (χ4v) is 5.31. The van der Waals surface area contributed by atoms with E-state index in [0.717, 1.165) is 17.3 Å². The number of aryl methyl sites for hydroxylation is 2. The Balaban J connectivity index is 1.42. The number of aromatic nitrogens is 2. The molecule has 0 spiro atoms. The third-order valence-electron chi connectivity index (χ3n) is 5.88. The molecular formula is C19H28N4OS. The van der Waals surface area contributed by atoms with Crippen molar-refractivity contribution in [2.45, 2.75) is 57.0 Å². The van der Waals surface area contributed by atoms with E-state index in [1.165, 1.54) is 55.4 Å². The van der Waals surface area contributed by atoms with Gasteiger partial charge in [-0.1, -0.05) is 0 Å². The first-order valence-electron chi connectivity index (χ1n) is 9.36. The highest BCUT2D eigenvalue weighted by molar-refractivity contribution is 7.15. The SMILES string of the molecule is CN(Cc1nnc(-c2cc3c(s2)CCCC3)o1)CC1(N(C)C)CCC1. The average molecular weight is 361 g/mol. The Labute approximate surface area is 154 Å². The molecule has 2 aromatic heterocycles. The molecule has 0 aliphatic heterocycles. The zero-order valence-electron chi connectivity index (χ0n) is 15.5. The van der Waals surface area contributed by atoms with Crippen LogP contribution in [0.5, 0.6) is 0 Å². The molecule has 2 aliphatic carbocycles. The monoisotopic (exact) mass is 360 g/mol. The van der Waals surface area contributed by atoms with Crippen molar-refractivity contribution >= 4 is 11.3 Å². The maximum Gasteiger partial charge on any atom is 0.257 e. The molecule has 4 rings (SSSR count). The summed E-state index contributed by atoms with van der Waals surface area (Å²) in [7, 11) is 6.53. The number of rotatable bonds is 6. The topological polar surface area (TPSA) is 45.4 Å². The molecule has 0 unspecified atom stereocenters. The fraction of sp³-hybridized carbons (Fsp3) is 0.684. The van der Waals surface area contributed by atoms with Crippen LogP contribution in [0, 0.1) is 0 Å². The molecule has 0 amide bonds. The Morgan fingerprint density at radius 2 is 1.92 bits per heavy atom. The lowest BCUT2D eigenvalue weighted by molar-refractivity contribution is 0.0240. The van der Waals surface area contributed by atoms with E-state index in [0.29, 0.717) is 18.0 Å². The third kappa shape index (κ3) is 3.39. The van der Waals surface area contributed by atoms with Gasteiger partial charge in [0, 0.05) is 17.0 Å². The van der Waals surface area contributed by atoms with Crippen molar-refractivity contribution in [2.75, 3.05) is 27.7 Å². The van der Waals surface area contributed by atoms with Crippen molar-refractivity contribution in [2.24, 2.45) is 0 Å². The van der Waals surface area contributed by atoms with Crippen molar-refractivity contribution in [3.8, 4) is 10.8 Å². The minimum atomic E-state index is 0.324. The van der Waals surface area contributed by atoms with E-state index in [2.05, 4.69) is 47.2 Å². The fourth-order valence-electron chi connectivity index (χ4n) is 4.13. The molecule has 2 heterocycles. The molecule has 0 atom stereocenters. The van der Waals surface area contributed by atoms with Crippen LogP contribution in [0.2, 0.25) is 0 Å². The molecule has 1 saturated carbocycles. The van der Waals surface area contributed by atoms with Crippen LogP contribution in [0.3, 0.4) is 0 Å². The predicted octanol–water partition coefficient (Wildman–Crippen LogP) is 3.59. The molecule has 25 heavy (non-hydrogen) atoms. The standard InChI is InChI=1S/C19H28N4OS/c1-22(2)19(9-6-10-19)13-23(3)12-17-20-21-18(24-17)16-11-14-7-4-5-8-15(14)25-16/h11H,4-10,12-13H2,1-3H3. The second-order valence-corrected chi connectivity index (χ2v) is 9.05. The number of thiophene rings is 1. The zero-order chi connectivity index (χ0) is 17.4. The molecule has 136 valence electrons. The summed E-state index contributed by atoms with van der Waals surface area (Å²) in [5.74, 6) is 1.41. The van der Waals surface area contributed by atoms with Crippen LogP contribution in [0.1, 0.15) is 48.4 Å². The minimum absolute atomic E-state index is 0.324. The quantitative estimate of drug-likeness (QED) is 0.788. The van der Waals surface area contributed by atoms with Crippen LogP contribution in [0.4, 0.5) is 0 Å². The van der Waals surface area contributed by atoms with Gasteiger partial charge in [-0.3, -0.25) is 4.90 Å². The molecule has 0 bridgehead atoms. The molecule has 5 nitrogen and oxygen atoms in total. The van der Waals surface area contributed by atoms with Crippen molar-refractivity contribution < 1.29 is 4.42 Å². The van der Waals surface area contributed by atoms with Gasteiger partial charge in [0.2, 0.25) is 5.89 Å². The Hall–Kier alpha value is -1.24. The number of likely N-dealkylation sites (N-methyl/N-ethyl adjacent to an activating group) is 2. The van der Waals surface area contributed by atoms with Gasteiger partial charge in [0.25, 0.3) is 5.89 Å². The lowest BCUT2D eigenvalue weighted by atomic mass is 9.75. The highest BCUT2D eigenvalue weighted by atomic mass is 32.1. The zero-order valence-corrected chi connectivity index (χ0v) is 16.4. The molecule has 2 aromatic rings. The highest BCUT2D eigenvalue weighted by Gasteiger charge is 2.39. The molecule has 0 radical (unpaired) electrons. The molecule has 0 aromatic carbocycles. The molecule has 2 aliphatic rings.